The van der Waals surface area contributed by atoms with Crippen molar-refractivity contribution in [2.75, 3.05) is 26.2 Å². The van der Waals surface area contributed by atoms with Crippen LogP contribution in [0, 0.1) is 23.7 Å². The Kier molecular flexibility index (Phi) is 9.88. The molecule has 4 aromatic carbocycles. The highest BCUT2D eigenvalue weighted by Crippen LogP contribution is 2.49. The van der Waals surface area contributed by atoms with Crippen LogP contribution in [-0.4, -0.2) is 69.9 Å². The molecule has 2 N–H and O–H groups in total. The number of carbonyl (C=O) groups is 4. The van der Waals surface area contributed by atoms with Crippen molar-refractivity contribution in [2.24, 2.45) is 23.7 Å². The van der Waals surface area contributed by atoms with Crippen LogP contribution in [-0.2, 0) is 19.2 Å². The van der Waals surface area contributed by atoms with Crippen molar-refractivity contribution in [1.29, 1.82) is 0 Å². The number of ether oxygens (including phenoxy) is 2. The van der Waals surface area contributed by atoms with Gasteiger partial charge in [-0.2, -0.15) is 0 Å². The van der Waals surface area contributed by atoms with Crippen LogP contribution in [0.3, 0.4) is 0 Å². The monoisotopic (exact) mass is 698 g/mol. The molecule has 7 rings (SSSR count). The average Bonchev–Trinajstić information content (AvgIpc) is 3.15. The molecule has 3 aliphatic rings. The summed E-state index contributed by atoms with van der Waals surface area (Å²) in [5, 5.41) is 20.4. The second-order valence-corrected chi connectivity index (χ2v) is 13.2. The first-order valence-electron chi connectivity index (χ1n) is 17.3. The average molecular weight is 699 g/mol. The Bertz CT molecular complexity index is 1850. The second-order valence-electron chi connectivity index (χ2n) is 13.2. The lowest BCUT2D eigenvalue weighted by Crippen LogP contribution is -2.64. The molecule has 1 fully saturated rings. The van der Waals surface area contributed by atoms with Gasteiger partial charge in [-0.25, -0.2) is 0 Å². The summed E-state index contributed by atoms with van der Waals surface area (Å²) >= 11 is 0. The minimum absolute atomic E-state index is 0.212. The highest BCUT2D eigenvalue weighted by molar-refractivity contribution is 6.00. The van der Waals surface area contributed by atoms with Gasteiger partial charge in [0.15, 0.2) is 0 Å². The summed E-state index contributed by atoms with van der Waals surface area (Å²) in [6.07, 6.45) is 4.84. The Hall–Kier alpha value is -6.16. The summed E-state index contributed by atoms with van der Waals surface area (Å²) in [5.74, 6) is -6.45. The first-order valence-corrected chi connectivity index (χ1v) is 17.3. The fourth-order valence-corrected chi connectivity index (χ4v) is 7.38. The van der Waals surface area contributed by atoms with Crippen LogP contribution in [0.5, 0.6) is 23.0 Å². The van der Waals surface area contributed by atoms with Gasteiger partial charge in [-0.3, -0.25) is 19.2 Å². The molecule has 1 aliphatic carbocycles. The smallest absolute Gasteiger partial charge is 0.308 e. The molecule has 264 valence electrons. The molecule has 0 aromatic heterocycles. The summed E-state index contributed by atoms with van der Waals surface area (Å²) in [4.78, 5) is 55.6. The first kappa shape index (κ1) is 34.3. The maximum Gasteiger partial charge on any atom is 0.308 e. The number of hydrogen-bond donors (Lipinski definition) is 2. The van der Waals surface area contributed by atoms with Gasteiger partial charge in [0.2, 0.25) is 11.8 Å². The summed E-state index contributed by atoms with van der Waals surface area (Å²) in [7, 11) is 0. The van der Waals surface area contributed by atoms with Crippen molar-refractivity contribution in [3.8, 4) is 23.0 Å². The zero-order valence-corrected chi connectivity index (χ0v) is 28.3. The highest BCUT2D eigenvalue weighted by Gasteiger charge is 2.64. The van der Waals surface area contributed by atoms with Gasteiger partial charge in [0.1, 0.15) is 23.0 Å². The predicted octanol–water partition coefficient (Wildman–Crippen LogP) is 6.85. The maximum atomic E-state index is 13.8. The van der Waals surface area contributed by atoms with E-state index in [0.717, 1.165) is 33.8 Å². The molecule has 0 spiro atoms. The molecule has 2 heterocycles. The Morgan fingerprint density at radius 2 is 0.827 bits per heavy atom. The minimum Gasteiger partial charge on any atom is -0.481 e. The lowest BCUT2D eigenvalue weighted by atomic mass is 9.55. The third-order valence-corrected chi connectivity index (χ3v) is 10.1. The Morgan fingerprint density at radius 1 is 0.481 bits per heavy atom. The second kappa shape index (κ2) is 15.0. The number of carbonyl (C=O) groups excluding carboxylic acids is 2. The van der Waals surface area contributed by atoms with Gasteiger partial charge in [0, 0.05) is 26.2 Å². The zero-order valence-electron chi connectivity index (χ0n) is 28.3. The van der Waals surface area contributed by atoms with Crippen molar-refractivity contribution >= 4 is 34.9 Å². The van der Waals surface area contributed by atoms with E-state index in [4.69, 9.17) is 9.47 Å². The van der Waals surface area contributed by atoms with E-state index in [9.17, 15) is 29.4 Å². The first-order chi connectivity index (χ1) is 25.3. The van der Waals surface area contributed by atoms with E-state index in [2.05, 4.69) is 0 Å². The van der Waals surface area contributed by atoms with Crippen LogP contribution in [0.25, 0.3) is 11.1 Å². The van der Waals surface area contributed by atoms with Crippen molar-refractivity contribution in [1.82, 2.24) is 9.80 Å². The standard InChI is InChI=1S/C42H38N2O8/c45-39(43-23-19-29(20-24-43)27-11-15-33(16-12-27)51-31-7-3-1-4-8-31)35-37(41(47)48)36(38(35)42(49)50)40(46)44-25-21-30(22-26-44)28-13-17-34(18-14-28)52-32-9-5-2-6-10-32/h1-19,21,35-38H,20,22-26H2,(H,47,48)(H,49,50)/t35-,36-,37-,38-. The lowest BCUT2D eigenvalue weighted by Gasteiger charge is -2.48. The molecular formula is C42H38N2O8. The number of amides is 2. The van der Waals surface area contributed by atoms with Crippen LogP contribution in [0.1, 0.15) is 24.0 Å². The molecule has 0 saturated heterocycles. The summed E-state index contributed by atoms with van der Waals surface area (Å²) < 4.78 is 11.8. The third-order valence-electron chi connectivity index (χ3n) is 10.1. The SMILES string of the molecule is O=C(O)[C@H]1[C@H](C(=O)N2CC=C(c3ccc(Oc4ccccc4)cc3)CC2)[C@H](C(=O)O)[C@H]1C(=O)N1CC=C(c2ccc(Oc3ccccc3)cc2)CC1. The van der Waals surface area contributed by atoms with E-state index in [-0.39, 0.29) is 13.1 Å². The maximum absolute atomic E-state index is 13.8. The number of hydrogen-bond acceptors (Lipinski definition) is 6. The molecule has 0 unspecified atom stereocenters. The van der Waals surface area contributed by atoms with Crippen molar-refractivity contribution in [3.05, 3.63) is 132 Å². The summed E-state index contributed by atoms with van der Waals surface area (Å²) in [5.41, 5.74) is 3.99. The van der Waals surface area contributed by atoms with Crippen molar-refractivity contribution in [3.63, 3.8) is 0 Å². The van der Waals surface area contributed by atoms with Crippen LogP contribution in [0.4, 0.5) is 0 Å². The largest absolute Gasteiger partial charge is 0.481 e. The molecule has 10 heteroatoms. The molecular weight excluding hydrogens is 660 g/mol. The topological polar surface area (TPSA) is 134 Å². The molecule has 1 saturated carbocycles. The van der Waals surface area contributed by atoms with Crippen LogP contribution in [0.15, 0.2) is 121 Å². The Morgan fingerprint density at radius 3 is 1.13 bits per heavy atom. The zero-order chi connectivity index (χ0) is 36.2. The number of carboxylic acids is 2. The van der Waals surface area contributed by atoms with Gasteiger partial charge < -0.3 is 29.5 Å². The fourth-order valence-electron chi connectivity index (χ4n) is 7.38. The van der Waals surface area contributed by atoms with Gasteiger partial charge in [-0.15, -0.1) is 0 Å². The van der Waals surface area contributed by atoms with E-state index in [1.54, 1.807) is 0 Å². The van der Waals surface area contributed by atoms with Gasteiger partial charge in [-0.1, -0.05) is 72.8 Å². The van der Waals surface area contributed by atoms with E-state index in [0.29, 0.717) is 37.4 Å². The normalized spacial score (nSPS) is 21.2. The Balaban J connectivity index is 0.980. The molecule has 4 aromatic rings. The fraction of sp³-hybridized carbons (Fsp3) is 0.238. The molecule has 2 aliphatic heterocycles. The Labute approximate surface area is 301 Å². The van der Waals surface area contributed by atoms with E-state index < -0.39 is 47.4 Å². The number of nitrogens with zero attached hydrogens (tertiary/aromatic N) is 2. The van der Waals surface area contributed by atoms with Crippen LogP contribution >= 0.6 is 0 Å². The lowest BCUT2D eigenvalue weighted by molar-refractivity contribution is -0.187. The van der Waals surface area contributed by atoms with Gasteiger partial charge in [0.05, 0.1) is 23.7 Å². The number of para-hydroxylation sites is 2. The van der Waals surface area contributed by atoms with Gasteiger partial charge >= 0.3 is 11.9 Å². The van der Waals surface area contributed by atoms with Crippen molar-refractivity contribution < 1.29 is 38.9 Å². The number of benzene rings is 4. The minimum atomic E-state index is -1.42. The highest BCUT2D eigenvalue weighted by atomic mass is 16.5. The molecule has 0 radical (unpaired) electrons. The van der Waals surface area contributed by atoms with E-state index in [1.807, 2.05) is 121 Å². The molecule has 0 atom stereocenters. The van der Waals surface area contributed by atoms with Crippen LogP contribution in [0.2, 0.25) is 0 Å². The van der Waals surface area contributed by atoms with Crippen LogP contribution < -0.4 is 9.47 Å². The van der Waals surface area contributed by atoms with E-state index >= 15 is 0 Å². The number of carboxylic acid groups (broad SMARTS) is 2. The molecule has 10 nitrogen and oxygen atoms in total. The molecule has 52 heavy (non-hydrogen) atoms. The van der Waals surface area contributed by atoms with Gasteiger partial charge in [-0.05, 0) is 83.6 Å². The molecule has 0 bridgehead atoms. The predicted molar refractivity (Wildman–Crippen MR) is 193 cm³/mol. The summed E-state index contributed by atoms with van der Waals surface area (Å²) in [6.45, 7) is 1.03. The van der Waals surface area contributed by atoms with Gasteiger partial charge in [0.25, 0.3) is 0 Å². The third kappa shape index (κ3) is 7.18. The number of rotatable bonds is 10. The van der Waals surface area contributed by atoms with E-state index in [1.165, 1.54) is 9.80 Å². The quantitative estimate of drug-likeness (QED) is 0.184. The number of aliphatic carboxylic acids is 2. The van der Waals surface area contributed by atoms with Crippen molar-refractivity contribution in [2.45, 2.75) is 12.8 Å². The summed E-state index contributed by atoms with van der Waals surface area (Å²) in [6, 6.07) is 34.2. The molecule has 2 amide bonds.